The zero-order chi connectivity index (χ0) is 27.6. The first kappa shape index (κ1) is 28.5. The van der Waals surface area contributed by atoms with Gasteiger partial charge in [0.25, 0.3) is 10.0 Å². The Labute approximate surface area is 222 Å². The molecule has 3 rings (SSSR count). The lowest BCUT2D eigenvalue weighted by Crippen LogP contribution is -2.47. The molecule has 1 atom stereocenters. The summed E-state index contributed by atoms with van der Waals surface area (Å²) in [6, 6.07) is 11.4. The molecule has 0 saturated carbocycles. The number of nitrogens with one attached hydrogen (secondary N) is 2. The number of esters is 1. The van der Waals surface area contributed by atoms with Crippen LogP contribution in [0.3, 0.4) is 0 Å². The van der Waals surface area contributed by atoms with Gasteiger partial charge in [-0.1, -0.05) is 24.3 Å². The van der Waals surface area contributed by atoms with Gasteiger partial charge in [0.1, 0.15) is 22.1 Å². The predicted octanol–water partition coefficient (Wildman–Crippen LogP) is 5.79. The second kappa shape index (κ2) is 10.7. The highest BCUT2D eigenvalue weighted by Gasteiger charge is 2.29. The molecule has 0 unspecified atom stereocenters. The summed E-state index contributed by atoms with van der Waals surface area (Å²) in [5.74, 6) is -0.617. The van der Waals surface area contributed by atoms with Crippen molar-refractivity contribution < 1.29 is 27.5 Å². The van der Waals surface area contributed by atoms with Gasteiger partial charge in [0, 0.05) is 27.6 Å². The van der Waals surface area contributed by atoms with Gasteiger partial charge in [-0.25, -0.2) is 18.0 Å². The molecule has 37 heavy (non-hydrogen) atoms. The quantitative estimate of drug-likeness (QED) is 0.363. The van der Waals surface area contributed by atoms with Crippen LogP contribution >= 0.6 is 11.3 Å². The van der Waals surface area contributed by atoms with Crippen LogP contribution in [0.4, 0.5) is 10.5 Å². The standard InChI is InChI=1S/C27H34N2O6S2/c1-17-12-13-19(29-37(32,33)23-16-36-22-11-9-8-10-20(22)23)14-18(17)15-21(24(30)34-26(2,3)4)28-25(31)35-27(5,6)7/h8-14,16,21,29H,15H2,1-7H3,(H,28,31)/t21-/m0/s1. The van der Waals surface area contributed by atoms with Gasteiger partial charge in [0.2, 0.25) is 0 Å². The largest absolute Gasteiger partial charge is 0.458 e. The predicted molar refractivity (Wildman–Crippen MR) is 147 cm³/mol. The number of benzene rings is 2. The topological polar surface area (TPSA) is 111 Å². The van der Waals surface area contributed by atoms with E-state index in [2.05, 4.69) is 10.0 Å². The van der Waals surface area contributed by atoms with Crippen molar-refractivity contribution in [3.05, 3.63) is 59.0 Å². The maximum atomic E-state index is 13.2. The van der Waals surface area contributed by atoms with Gasteiger partial charge < -0.3 is 14.8 Å². The summed E-state index contributed by atoms with van der Waals surface area (Å²) in [5, 5.41) is 4.88. The van der Waals surface area contributed by atoms with Gasteiger partial charge in [0.15, 0.2) is 0 Å². The Kier molecular flexibility index (Phi) is 8.24. The van der Waals surface area contributed by atoms with Crippen molar-refractivity contribution in [2.45, 2.75) is 77.0 Å². The molecule has 0 fully saturated rings. The maximum absolute atomic E-state index is 13.2. The monoisotopic (exact) mass is 546 g/mol. The minimum Gasteiger partial charge on any atom is -0.458 e. The van der Waals surface area contributed by atoms with Crippen molar-refractivity contribution in [1.82, 2.24) is 5.32 Å². The van der Waals surface area contributed by atoms with Gasteiger partial charge in [-0.3, -0.25) is 4.72 Å². The zero-order valence-electron chi connectivity index (χ0n) is 22.2. The molecule has 8 nitrogen and oxygen atoms in total. The smallest absolute Gasteiger partial charge is 0.408 e. The molecule has 0 bridgehead atoms. The molecule has 0 aliphatic rings. The lowest BCUT2D eigenvalue weighted by atomic mass is 10.00. The van der Waals surface area contributed by atoms with E-state index in [0.717, 1.165) is 10.3 Å². The Morgan fingerprint density at radius 3 is 2.27 bits per heavy atom. The fourth-order valence-corrected chi connectivity index (χ4v) is 6.12. The van der Waals surface area contributed by atoms with Crippen molar-refractivity contribution >= 4 is 49.2 Å². The number of amides is 1. The van der Waals surface area contributed by atoms with E-state index < -0.39 is 39.3 Å². The molecule has 1 aromatic heterocycles. The number of thiophene rings is 1. The molecule has 0 radical (unpaired) electrons. The van der Waals surface area contributed by atoms with E-state index in [9.17, 15) is 18.0 Å². The molecule has 0 aliphatic heterocycles. The van der Waals surface area contributed by atoms with Crippen molar-refractivity contribution in [2.24, 2.45) is 0 Å². The molecule has 2 aromatic carbocycles. The zero-order valence-corrected chi connectivity index (χ0v) is 23.8. The molecule has 0 saturated heterocycles. The van der Waals surface area contributed by atoms with Gasteiger partial charge in [0.05, 0.1) is 0 Å². The molecule has 200 valence electrons. The van der Waals surface area contributed by atoms with E-state index >= 15 is 0 Å². The number of aryl methyl sites for hydroxylation is 1. The van der Waals surface area contributed by atoms with Crippen LogP contribution in [0, 0.1) is 6.92 Å². The van der Waals surface area contributed by atoms with Gasteiger partial charge >= 0.3 is 12.1 Å². The van der Waals surface area contributed by atoms with Crippen molar-refractivity contribution in [3.8, 4) is 0 Å². The molecular formula is C27H34N2O6S2. The van der Waals surface area contributed by atoms with Crippen LogP contribution in [0.15, 0.2) is 52.7 Å². The van der Waals surface area contributed by atoms with Crippen molar-refractivity contribution in [3.63, 3.8) is 0 Å². The molecule has 10 heteroatoms. The number of alkyl carbamates (subject to hydrolysis) is 1. The SMILES string of the molecule is Cc1ccc(NS(=O)(=O)c2csc3ccccc23)cc1C[C@H](NC(=O)OC(C)(C)C)C(=O)OC(C)(C)C. The Balaban J connectivity index is 1.87. The van der Waals surface area contributed by atoms with Crippen molar-refractivity contribution in [1.29, 1.82) is 0 Å². The highest BCUT2D eigenvalue weighted by atomic mass is 32.2. The average molecular weight is 547 g/mol. The fourth-order valence-electron chi connectivity index (χ4n) is 3.56. The van der Waals surface area contributed by atoms with Gasteiger partial charge in [-0.2, -0.15) is 0 Å². The van der Waals surface area contributed by atoms with Crippen LogP contribution in [0.2, 0.25) is 0 Å². The van der Waals surface area contributed by atoms with Gasteiger partial charge in [-0.05, 0) is 77.8 Å². The molecule has 1 heterocycles. The lowest BCUT2D eigenvalue weighted by Gasteiger charge is -2.26. The molecule has 0 spiro atoms. The van der Waals surface area contributed by atoms with Crippen LogP contribution in [-0.2, 0) is 30.7 Å². The third kappa shape index (κ3) is 7.93. The highest BCUT2D eigenvalue weighted by molar-refractivity contribution is 7.93. The third-order valence-corrected chi connectivity index (χ3v) is 7.68. The Morgan fingerprint density at radius 1 is 0.973 bits per heavy atom. The number of sulfonamides is 1. The van der Waals surface area contributed by atoms with Crippen LogP contribution < -0.4 is 10.0 Å². The second-order valence-electron chi connectivity index (χ2n) is 10.8. The number of anilines is 1. The van der Waals surface area contributed by atoms with Crippen LogP contribution in [0.1, 0.15) is 52.7 Å². The van der Waals surface area contributed by atoms with E-state index in [-0.39, 0.29) is 11.3 Å². The van der Waals surface area contributed by atoms with Crippen molar-refractivity contribution in [2.75, 3.05) is 4.72 Å². The number of ether oxygens (including phenoxy) is 2. The number of hydrogen-bond donors (Lipinski definition) is 2. The summed E-state index contributed by atoms with van der Waals surface area (Å²) < 4.78 is 40.8. The average Bonchev–Trinajstić information content (AvgIpc) is 3.18. The summed E-state index contributed by atoms with van der Waals surface area (Å²) >= 11 is 1.36. The number of hydrogen-bond acceptors (Lipinski definition) is 7. The maximum Gasteiger partial charge on any atom is 0.408 e. The Morgan fingerprint density at radius 2 is 1.62 bits per heavy atom. The molecule has 0 aliphatic carbocycles. The number of carbonyl (C=O) groups is 2. The molecular weight excluding hydrogens is 512 g/mol. The van der Waals surface area contributed by atoms with E-state index in [1.54, 1.807) is 77.3 Å². The highest BCUT2D eigenvalue weighted by Crippen LogP contribution is 2.31. The second-order valence-corrected chi connectivity index (χ2v) is 13.3. The normalized spacial score (nSPS) is 13.2. The molecule has 2 N–H and O–H groups in total. The first-order valence-corrected chi connectivity index (χ1v) is 14.2. The van der Waals surface area contributed by atoms with Crippen LogP contribution in [0.25, 0.3) is 10.1 Å². The summed E-state index contributed by atoms with van der Waals surface area (Å²) in [4.78, 5) is 25.6. The van der Waals surface area contributed by atoms with Crippen LogP contribution in [-0.4, -0.2) is 37.7 Å². The Hall–Kier alpha value is -3.11. The molecule has 3 aromatic rings. The first-order valence-electron chi connectivity index (χ1n) is 11.8. The number of carbonyl (C=O) groups excluding carboxylic acids is 2. The number of fused-ring (bicyclic) bond motifs is 1. The summed E-state index contributed by atoms with van der Waals surface area (Å²) in [5.41, 5.74) is 0.324. The third-order valence-electron chi connectivity index (χ3n) is 5.14. The summed E-state index contributed by atoms with van der Waals surface area (Å²) in [7, 11) is -3.86. The van der Waals surface area contributed by atoms with E-state index in [0.29, 0.717) is 16.6 Å². The molecule has 1 amide bonds. The lowest BCUT2D eigenvalue weighted by molar-refractivity contribution is -0.157. The first-order chi connectivity index (χ1) is 17.0. The minimum absolute atomic E-state index is 0.0803. The summed E-state index contributed by atoms with van der Waals surface area (Å²) in [6.07, 6.45) is -0.668. The Bertz CT molecular complexity index is 1400. The van der Waals surface area contributed by atoms with Crippen LogP contribution in [0.5, 0.6) is 0 Å². The van der Waals surface area contributed by atoms with Gasteiger partial charge in [-0.15, -0.1) is 11.3 Å². The summed E-state index contributed by atoms with van der Waals surface area (Å²) in [6.45, 7) is 12.3. The number of rotatable bonds is 7. The minimum atomic E-state index is -3.86. The van der Waals surface area contributed by atoms with E-state index in [4.69, 9.17) is 9.47 Å². The fraction of sp³-hybridized carbons (Fsp3) is 0.407. The van der Waals surface area contributed by atoms with E-state index in [1.807, 2.05) is 19.1 Å². The van der Waals surface area contributed by atoms with E-state index in [1.165, 1.54) is 11.3 Å².